The summed E-state index contributed by atoms with van der Waals surface area (Å²) in [4.78, 5) is 18.7. The van der Waals surface area contributed by atoms with E-state index >= 15 is 0 Å². The Morgan fingerprint density at radius 1 is 1.13 bits per heavy atom. The minimum absolute atomic E-state index is 0.221. The molecule has 0 bridgehead atoms. The zero-order valence-electron chi connectivity index (χ0n) is 18.8. The molecule has 7 heteroatoms. The van der Waals surface area contributed by atoms with E-state index in [1.807, 2.05) is 12.1 Å². The van der Waals surface area contributed by atoms with Gasteiger partial charge in [-0.25, -0.2) is 0 Å². The second-order valence-corrected chi connectivity index (χ2v) is 9.69. The topological polar surface area (TPSA) is 82.3 Å². The van der Waals surface area contributed by atoms with E-state index < -0.39 is 5.60 Å². The molecule has 3 N–H and O–H groups in total. The van der Waals surface area contributed by atoms with Crippen LogP contribution in [0.1, 0.15) is 38.5 Å². The Balaban J connectivity index is 1.31. The summed E-state index contributed by atoms with van der Waals surface area (Å²) in [6.07, 6.45) is 6.21. The van der Waals surface area contributed by atoms with Gasteiger partial charge < -0.3 is 25.4 Å². The second-order valence-electron chi connectivity index (χ2n) is 9.69. The lowest BCUT2D eigenvalue weighted by molar-refractivity contribution is -0.120. The minimum Gasteiger partial charge on any atom is -0.497 e. The number of rotatable bonds is 6. The van der Waals surface area contributed by atoms with Crippen LogP contribution in [0.25, 0.3) is 0 Å². The number of β-amino-alcohol motifs (C(OH)–C–C–N with tert-alkyl or cyclic N) is 1. The van der Waals surface area contributed by atoms with E-state index in [-0.39, 0.29) is 5.91 Å². The van der Waals surface area contributed by atoms with Crippen molar-refractivity contribution in [3.05, 3.63) is 24.3 Å². The number of hydrogen-bond acceptors (Lipinski definition) is 6. The maximum atomic E-state index is 11.5. The molecule has 7 nitrogen and oxygen atoms in total. The molecule has 3 saturated heterocycles. The quantitative estimate of drug-likeness (QED) is 0.715. The third-order valence-corrected chi connectivity index (χ3v) is 7.53. The molecule has 0 spiro atoms. The van der Waals surface area contributed by atoms with Crippen molar-refractivity contribution in [3.8, 4) is 5.75 Å². The number of methoxy groups -OCH3 is 1. The molecule has 0 unspecified atom stereocenters. The van der Waals surface area contributed by atoms with Gasteiger partial charge in [-0.2, -0.15) is 0 Å². The van der Waals surface area contributed by atoms with Crippen LogP contribution in [-0.4, -0.2) is 85.4 Å². The maximum Gasteiger partial charge on any atom is 0.231 e. The Morgan fingerprint density at radius 2 is 1.87 bits per heavy atom. The predicted octanol–water partition coefficient (Wildman–Crippen LogP) is 1.69. The first-order valence-electron chi connectivity index (χ1n) is 11.8. The summed E-state index contributed by atoms with van der Waals surface area (Å²) in [5, 5.41) is 11.3. The van der Waals surface area contributed by atoms with Crippen molar-refractivity contribution in [2.24, 2.45) is 11.7 Å². The third kappa shape index (κ3) is 5.51. The van der Waals surface area contributed by atoms with Crippen LogP contribution in [0, 0.1) is 5.92 Å². The third-order valence-electron chi connectivity index (χ3n) is 7.53. The van der Waals surface area contributed by atoms with E-state index in [0.717, 1.165) is 70.7 Å². The molecular weight excluding hydrogens is 392 g/mol. The number of amides is 1. The number of nitrogens with zero attached hydrogens (tertiary/aromatic N) is 3. The molecule has 3 fully saturated rings. The van der Waals surface area contributed by atoms with E-state index in [4.69, 9.17) is 10.5 Å². The molecule has 0 saturated carbocycles. The van der Waals surface area contributed by atoms with Gasteiger partial charge in [0, 0.05) is 37.9 Å². The van der Waals surface area contributed by atoms with Gasteiger partial charge in [0.25, 0.3) is 0 Å². The largest absolute Gasteiger partial charge is 0.497 e. The lowest BCUT2D eigenvalue weighted by Gasteiger charge is -2.46. The van der Waals surface area contributed by atoms with Crippen LogP contribution < -0.4 is 15.4 Å². The zero-order valence-corrected chi connectivity index (χ0v) is 18.8. The number of carbonyl (C=O) groups excluding carboxylic acids is 1. The van der Waals surface area contributed by atoms with Gasteiger partial charge in [0.1, 0.15) is 5.75 Å². The number of aliphatic hydroxyl groups is 1. The van der Waals surface area contributed by atoms with Gasteiger partial charge in [-0.15, -0.1) is 0 Å². The van der Waals surface area contributed by atoms with Gasteiger partial charge >= 0.3 is 0 Å². The fourth-order valence-corrected chi connectivity index (χ4v) is 5.84. The molecule has 0 aliphatic carbocycles. The molecule has 1 amide bonds. The van der Waals surface area contributed by atoms with Crippen LogP contribution >= 0.6 is 0 Å². The van der Waals surface area contributed by atoms with Crippen molar-refractivity contribution in [2.75, 3.05) is 57.8 Å². The highest BCUT2D eigenvalue weighted by atomic mass is 16.5. The first-order valence-corrected chi connectivity index (χ1v) is 11.8. The Bertz CT molecular complexity index is 733. The van der Waals surface area contributed by atoms with E-state index in [9.17, 15) is 9.90 Å². The smallest absolute Gasteiger partial charge is 0.231 e. The number of anilines is 1. The monoisotopic (exact) mass is 430 g/mol. The summed E-state index contributed by atoms with van der Waals surface area (Å²) >= 11 is 0. The molecule has 3 aliphatic heterocycles. The average Bonchev–Trinajstić information content (AvgIpc) is 2.95. The van der Waals surface area contributed by atoms with Crippen LogP contribution in [0.15, 0.2) is 24.3 Å². The number of nitrogens with two attached hydrogens (primary N) is 1. The van der Waals surface area contributed by atoms with Crippen molar-refractivity contribution in [3.63, 3.8) is 0 Å². The zero-order chi connectivity index (χ0) is 21.8. The number of piperidine rings is 2. The van der Waals surface area contributed by atoms with Crippen molar-refractivity contribution in [1.29, 1.82) is 0 Å². The summed E-state index contributed by atoms with van der Waals surface area (Å²) in [5.41, 5.74) is 6.07. The first-order chi connectivity index (χ1) is 15.0. The maximum absolute atomic E-state index is 11.5. The van der Waals surface area contributed by atoms with Crippen molar-refractivity contribution >= 4 is 11.6 Å². The van der Waals surface area contributed by atoms with Gasteiger partial charge in [-0.05, 0) is 75.4 Å². The summed E-state index contributed by atoms with van der Waals surface area (Å²) in [5.74, 6) is 1.22. The lowest BCUT2D eigenvalue weighted by atomic mass is 9.85. The molecular formula is C24H38N4O3. The number of likely N-dealkylation sites (tertiary alicyclic amines) is 2. The highest BCUT2D eigenvalue weighted by Crippen LogP contribution is 2.33. The van der Waals surface area contributed by atoms with Crippen molar-refractivity contribution in [1.82, 2.24) is 9.80 Å². The Morgan fingerprint density at radius 3 is 2.55 bits per heavy atom. The number of carbonyl (C=O) groups is 1. The van der Waals surface area contributed by atoms with Gasteiger partial charge in [-0.1, -0.05) is 6.42 Å². The number of ether oxygens (including phenoxy) is 1. The average molecular weight is 431 g/mol. The lowest BCUT2D eigenvalue weighted by Crippen LogP contribution is -2.56. The SMILES string of the molecule is COc1ccc(N2CCC(O)(CN3CC[C@@H]4[C@@H](CCCCN4CC(N)=O)C3)CC2)cc1. The van der Waals surface area contributed by atoms with Crippen LogP contribution in [0.5, 0.6) is 5.75 Å². The summed E-state index contributed by atoms with van der Waals surface area (Å²) in [6, 6.07) is 8.64. The number of fused-ring (bicyclic) bond motifs is 1. The summed E-state index contributed by atoms with van der Waals surface area (Å²) in [7, 11) is 1.68. The molecule has 1 aromatic rings. The standard InChI is InChI=1S/C24H38N4O3/c1-31-21-7-5-20(6-8-21)27-14-10-24(30,11-15-27)18-26-13-9-22-19(16-26)4-2-3-12-28(22)17-23(25)29/h5-8,19,22,30H,2-4,9-18H2,1H3,(H2,25,29)/t19-,22+/m0/s1. The summed E-state index contributed by atoms with van der Waals surface area (Å²) in [6.45, 7) is 5.86. The van der Waals surface area contributed by atoms with Crippen LogP contribution in [0.4, 0.5) is 5.69 Å². The number of hydrogen-bond donors (Lipinski definition) is 2. The highest BCUT2D eigenvalue weighted by molar-refractivity contribution is 5.76. The van der Waals surface area contributed by atoms with Crippen LogP contribution in [0.3, 0.4) is 0 Å². The highest BCUT2D eigenvalue weighted by Gasteiger charge is 2.39. The molecule has 3 heterocycles. The van der Waals surface area contributed by atoms with Crippen molar-refractivity contribution < 1.29 is 14.6 Å². The van der Waals surface area contributed by atoms with E-state index in [0.29, 0.717) is 18.5 Å². The Kier molecular flexibility index (Phi) is 7.04. The number of primary amides is 1. The van der Waals surface area contributed by atoms with Gasteiger partial charge in [0.05, 0.1) is 19.3 Å². The van der Waals surface area contributed by atoms with E-state index in [1.165, 1.54) is 18.5 Å². The van der Waals surface area contributed by atoms with Gasteiger partial charge in [0.15, 0.2) is 0 Å². The van der Waals surface area contributed by atoms with Gasteiger partial charge in [0.2, 0.25) is 5.91 Å². The normalized spacial score (nSPS) is 27.4. The van der Waals surface area contributed by atoms with Crippen LogP contribution in [-0.2, 0) is 4.79 Å². The molecule has 0 radical (unpaired) electrons. The Hall–Kier alpha value is -1.83. The molecule has 31 heavy (non-hydrogen) atoms. The van der Waals surface area contributed by atoms with E-state index in [2.05, 4.69) is 26.8 Å². The predicted molar refractivity (Wildman–Crippen MR) is 122 cm³/mol. The van der Waals surface area contributed by atoms with Crippen LogP contribution in [0.2, 0.25) is 0 Å². The molecule has 172 valence electrons. The van der Waals surface area contributed by atoms with E-state index in [1.54, 1.807) is 7.11 Å². The number of benzene rings is 1. The fourth-order valence-electron chi connectivity index (χ4n) is 5.84. The van der Waals surface area contributed by atoms with Crippen molar-refractivity contribution in [2.45, 2.75) is 50.2 Å². The molecule has 1 aromatic carbocycles. The van der Waals surface area contributed by atoms with Gasteiger partial charge in [-0.3, -0.25) is 9.69 Å². The summed E-state index contributed by atoms with van der Waals surface area (Å²) < 4.78 is 5.26. The minimum atomic E-state index is -0.618. The molecule has 2 atom stereocenters. The molecule has 3 aliphatic rings. The fraction of sp³-hybridized carbons (Fsp3) is 0.708. The first kappa shape index (κ1) is 22.4. The molecule has 0 aromatic heterocycles. The Labute approximate surface area is 186 Å². The molecule has 4 rings (SSSR count). The second kappa shape index (κ2) is 9.76.